The second kappa shape index (κ2) is 12.1. The molecule has 1 aromatic heterocycles. The zero-order valence-electron chi connectivity index (χ0n) is 20.1. The maximum absolute atomic E-state index is 4.50. The monoisotopic (exact) mass is 411 g/mol. The largest absolute Gasteiger partial charge is 0.256 e. The van der Waals surface area contributed by atoms with E-state index in [1.54, 1.807) is 0 Å². The first-order chi connectivity index (χ1) is 14.9. The topological polar surface area (TPSA) is 12.9 Å². The van der Waals surface area contributed by atoms with Crippen molar-refractivity contribution in [3.63, 3.8) is 0 Å². The van der Waals surface area contributed by atoms with Crippen molar-refractivity contribution in [1.29, 1.82) is 0 Å². The molecule has 3 aromatic rings. The Morgan fingerprint density at radius 3 is 2.16 bits per heavy atom. The van der Waals surface area contributed by atoms with E-state index in [1.165, 1.54) is 39.7 Å². The van der Waals surface area contributed by atoms with E-state index in [-0.39, 0.29) is 0 Å². The Bertz CT molecular complexity index is 1050. The van der Waals surface area contributed by atoms with Crippen LogP contribution in [-0.2, 0) is 0 Å². The Kier molecular flexibility index (Phi) is 9.46. The summed E-state index contributed by atoms with van der Waals surface area (Å²) >= 11 is 0. The highest BCUT2D eigenvalue weighted by Crippen LogP contribution is 2.30. The highest BCUT2D eigenvalue weighted by atomic mass is 14.6. The van der Waals surface area contributed by atoms with Gasteiger partial charge in [0.1, 0.15) is 0 Å². The molecule has 0 amide bonds. The summed E-state index contributed by atoms with van der Waals surface area (Å²) in [6.07, 6.45) is 6.55. The molecule has 0 spiro atoms. The predicted octanol–water partition coefficient (Wildman–Crippen LogP) is 9.13. The van der Waals surface area contributed by atoms with Gasteiger partial charge in [-0.2, -0.15) is 0 Å². The third-order valence-electron chi connectivity index (χ3n) is 5.96. The molecule has 3 rings (SSSR count). The molecule has 31 heavy (non-hydrogen) atoms. The molecule has 0 saturated carbocycles. The number of hydrogen-bond acceptors (Lipinski definition) is 1. The zero-order chi connectivity index (χ0) is 22.8. The molecule has 0 fully saturated rings. The van der Waals surface area contributed by atoms with Crippen LogP contribution in [0.1, 0.15) is 65.5 Å². The first-order valence-corrected chi connectivity index (χ1v) is 11.3. The Balaban J connectivity index is 0.000000316. The first kappa shape index (κ1) is 24.3. The molecule has 2 aromatic carbocycles. The molecule has 1 unspecified atom stereocenters. The number of allylic oxidation sites excluding steroid dienone is 5. The fourth-order valence-electron chi connectivity index (χ4n) is 3.37. The number of aromatic nitrogens is 1. The molecule has 0 saturated heterocycles. The third kappa shape index (κ3) is 6.79. The molecule has 0 aliphatic rings. The number of para-hydroxylation sites is 1. The van der Waals surface area contributed by atoms with Gasteiger partial charge in [0.2, 0.25) is 0 Å². The van der Waals surface area contributed by atoms with Gasteiger partial charge in [0, 0.05) is 11.6 Å². The summed E-state index contributed by atoms with van der Waals surface area (Å²) in [5.41, 5.74) is 8.95. The van der Waals surface area contributed by atoms with Crippen molar-refractivity contribution in [2.45, 2.75) is 54.4 Å². The summed E-state index contributed by atoms with van der Waals surface area (Å²) < 4.78 is 0. The first-order valence-electron chi connectivity index (χ1n) is 11.3. The molecular weight excluding hydrogens is 374 g/mol. The standard InChI is InChI=1S/C21H27N.C9H10/c1-6-15(3)17(5)14-20(16(4)7-2)18-12-13-22-21-11-9-8-10-19(18)21;1-8(2)9-6-4-3-5-7-9/h8-15H,6-7H2,1-5H3;3-7H,1H2,2H3/b17-14-,20-16?;. The molecule has 1 atom stereocenters. The Morgan fingerprint density at radius 2 is 1.58 bits per heavy atom. The summed E-state index contributed by atoms with van der Waals surface area (Å²) in [4.78, 5) is 4.50. The zero-order valence-corrected chi connectivity index (χ0v) is 20.1. The minimum absolute atomic E-state index is 0.618. The van der Waals surface area contributed by atoms with E-state index >= 15 is 0 Å². The lowest BCUT2D eigenvalue weighted by atomic mass is 9.91. The van der Waals surface area contributed by atoms with Crippen LogP contribution in [0.5, 0.6) is 0 Å². The van der Waals surface area contributed by atoms with Crippen molar-refractivity contribution < 1.29 is 0 Å². The van der Waals surface area contributed by atoms with Crippen LogP contribution in [0.15, 0.2) is 90.7 Å². The molecule has 1 nitrogen and oxygen atoms in total. The van der Waals surface area contributed by atoms with Gasteiger partial charge in [0.05, 0.1) is 5.52 Å². The smallest absolute Gasteiger partial charge is 0.0708 e. The average molecular weight is 412 g/mol. The molecule has 1 heterocycles. The quantitative estimate of drug-likeness (QED) is 0.368. The van der Waals surface area contributed by atoms with Gasteiger partial charge in [-0.05, 0) is 68.4 Å². The van der Waals surface area contributed by atoms with Crippen LogP contribution in [0.25, 0.3) is 22.0 Å². The fraction of sp³-hybridized carbons (Fsp3) is 0.300. The summed E-state index contributed by atoms with van der Waals surface area (Å²) in [6, 6.07) is 20.7. The lowest BCUT2D eigenvalue weighted by Crippen LogP contribution is -1.96. The molecule has 0 radical (unpaired) electrons. The van der Waals surface area contributed by atoms with E-state index < -0.39 is 0 Å². The molecule has 1 heteroatoms. The van der Waals surface area contributed by atoms with Crippen molar-refractivity contribution in [1.82, 2.24) is 4.98 Å². The van der Waals surface area contributed by atoms with Crippen LogP contribution >= 0.6 is 0 Å². The normalized spacial score (nSPS) is 13.2. The predicted molar refractivity (Wildman–Crippen MR) is 139 cm³/mol. The van der Waals surface area contributed by atoms with Crippen molar-refractivity contribution in [2.24, 2.45) is 5.92 Å². The second-order valence-electron chi connectivity index (χ2n) is 8.27. The van der Waals surface area contributed by atoms with Crippen LogP contribution in [0.2, 0.25) is 0 Å². The second-order valence-corrected chi connectivity index (χ2v) is 8.27. The average Bonchev–Trinajstić information content (AvgIpc) is 2.82. The van der Waals surface area contributed by atoms with Crippen LogP contribution in [-0.4, -0.2) is 4.98 Å². The fourth-order valence-corrected chi connectivity index (χ4v) is 3.37. The van der Waals surface area contributed by atoms with E-state index in [1.807, 2.05) is 31.3 Å². The van der Waals surface area contributed by atoms with Gasteiger partial charge in [0.25, 0.3) is 0 Å². The lowest BCUT2D eigenvalue weighted by Gasteiger charge is -2.15. The Labute approximate surface area is 189 Å². The summed E-state index contributed by atoms with van der Waals surface area (Å²) in [7, 11) is 0. The Morgan fingerprint density at radius 1 is 0.935 bits per heavy atom. The number of pyridine rings is 1. The van der Waals surface area contributed by atoms with Crippen LogP contribution in [0.4, 0.5) is 0 Å². The number of nitrogens with zero attached hydrogens (tertiary/aromatic N) is 1. The number of benzene rings is 2. The van der Waals surface area contributed by atoms with Crippen molar-refractivity contribution in [3.05, 3.63) is 102 Å². The van der Waals surface area contributed by atoms with Gasteiger partial charge in [-0.15, -0.1) is 0 Å². The summed E-state index contributed by atoms with van der Waals surface area (Å²) in [5, 5.41) is 1.24. The molecule has 0 aliphatic heterocycles. The van der Waals surface area contributed by atoms with Gasteiger partial charge in [0.15, 0.2) is 0 Å². The van der Waals surface area contributed by atoms with Gasteiger partial charge < -0.3 is 0 Å². The molecule has 0 N–H and O–H groups in total. The highest BCUT2D eigenvalue weighted by molar-refractivity contribution is 5.94. The van der Waals surface area contributed by atoms with Gasteiger partial charge in [-0.3, -0.25) is 4.98 Å². The summed E-state index contributed by atoms with van der Waals surface area (Å²) in [6.45, 7) is 17.1. The molecule has 162 valence electrons. The maximum atomic E-state index is 4.50. The SMILES string of the molecule is C=C(C)c1ccccc1.CCC(C)=C(/C=C(/C)C(C)CC)c1ccnc2ccccc12. The highest BCUT2D eigenvalue weighted by Gasteiger charge is 2.10. The van der Waals surface area contributed by atoms with Gasteiger partial charge >= 0.3 is 0 Å². The van der Waals surface area contributed by atoms with Crippen LogP contribution in [0, 0.1) is 5.92 Å². The number of fused-ring (bicyclic) bond motifs is 1. The van der Waals surface area contributed by atoms with E-state index in [9.17, 15) is 0 Å². The third-order valence-corrected chi connectivity index (χ3v) is 5.96. The van der Waals surface area contributed by atoms with Crippen LogP contribution in [0.3, 0.4) is 0 Å². The van der Waals surface area contributed by atoms with Crippen molar-refractivity contribution >= 4 is 22.0 Å². The van der Waals surface area contributed by atoms with Gasteiger partial charge in [-0.1, -0.05) is 98.7 Å². The minimum Gasteiger partial charge on any atom is -0.256 e. The summed E-state index contributed by atoms with van der Waals surface area (Å²) in [5.74, 6) is 0.618. The molecule has 0 bridgehead atoms. The van der Waals surface area contributed by atoms with Crippen molar-refractivity contribution in [2.75, 3.05) is 0 Å². The van der Waals surface area contributed by atoms with E-state index in [0.29, 0.717) is 5.92 Å². The number of rotatable bonds is 6. The molecular formula is C30H37N. The Hall–Kier alpha value is -2.93. The van der Waals surface area contributed by atoms with E-state index in [0.717, 1.165) is 17.5 Å². The minimum atomic E-state index is 0.618. The van der Waals surface area contributed by atoms with Crippen molar-refractivity contribution in [3.8, 4) is 0 Å². The van der Waals surface area contributed by atoms with Gasteiger partial charge in [-0.25, -0.2) is 0 Å². The maximum Gasteiger partial charge on any atom is 0.0708 e. The molecule has 0 aliphatic carbocycles. The van der Waals surface area contributed by atoms with E-state index in [2.05, 4.69) is 94.7 Å². The number of hydrogen-bond donors (Lipinski definition) is 0. The van der Waals surface area contributed by atoms with E-state index in [4.69, 9.17) is 0 Å². The van der Waals surface area contributed by atoms with Crippen LogP contribution < -0.4 is 0 Å². The lowest BCUT2D eigenvalue weighted by molar-refractivity contribution is 0.656.